The number of hydrogen-bond donors (Lipinski definition) is 2. The van der Waals surface area contributed by atoms with Crippen LogP contribution in [0.15, 0.2) is 22.2 Å². The quantitative estimate of drug-likeness (QED) is 0.820. The Kier molecular flexibility index (Phi) is 4.83. The minimum absolute atomic E-state index is 0.0728. The fourth-order valence-corrected chi connectivity index (χ4v) is 3.90. The van der Waals surface area contributed by atoms with Gasteiger partial charge in [-0.2, -0.15) is 0 Å². The van der Waals surface area contributed by atoms with Crippen LogP contribution in [0.5, 0.6) is 0 Å². The summed E-state index contributed by atoms with van der Waals surface area (Å²) >= 11 is 1.70. The van der Waals surface area contributed by atoms with Crippen molar-refractivity contribution < 1.29 is 0 Å². The van der Waals surface area contributed by atoms with E-state index in [4.69, 9.17) is 0 Å². The van der Waals surface area contributed by atoms with Gasteiger partial charge in [0.25, 0.3) is 5.56 Å². The predicted octanol–water partition coefficient (Wildman–Crippen LogP) is 2.03. The number of nitrogens with one attached hydrogen (secondary N) is 2. The number of aromatic nitrogens is 2. The van der Waals surface area contributed by atoms with Crippen molar-refractivity contribution in [1.82, 2.24) is 15.3 Å². The third-order valence-electron chi connectivity index (χ3n) is 3.43. The normalized spacial score (nSPS) is 28.2. The molecular formula is C13H21N3OS. The molecule has 0 saturated heterocycles. The van der Waals surface area contributed by atoms with Gasteiger partial charge in [0, 0.05) is 23.6 Å². The first-order valence-electron chi connectivity index (χ1n) is 6.64. The van der Waals surface area contributed by atoms with Gasteiger partial charge in [-0.3, -0.25) is 4.79 Å². The lowest BCUT2D eigenvalue weighted by molar-refractivity contribution is 0.320. The lowest BCUT2D eigenvalue weighted by Crippen LogP contribution is -2.42. The third kappa shape index (κ3) is 3.59. The highest BCUT2D eigenvalue weighted by Crippen LogP contribution is 2.34. The maximum absolute atomic E-state index is 11.3. The Morgan fingerprint density at radius 1 is 1.56 bits per heavy atom. The topological polar surface area (TPSA) is 57.8 Å². The maximum Gasteiger partial charge on any atom is 0.251 e. The van der Waals surface area contributed by atoms with Crippen molar-refractivity contribution in [2.75, 3.05) is 6.54 Å². The Hall–Kier alpha value is -0.810. The fraction of sp³-hybridized carbons (Fsp3) is 0.692. The molecule has 4 nitrogen and oxygen atoms in total. The summed E-state index contributed by atoms with van der Waals surface area (Å²) < 4.78 is 0. The molecule has 0 radical (unpaired) electrons. The van der Waals surface area contributed by atoms with E-state index >= 15 is 0 Å². The Labute approximate surface area is 112 Å². The number of thioether (sulfide) groups is 1. The van der Waals surface area contributed by atoms with Crippen molar-refractivity contribution in [2.45, 2.75) is 49.6 Å². The lowest BCUT2D eigenvalue weighted by Gasteiger charge is -2.34. The van der Waals surface area contributed by atoms with Gasteiger partial charge in [-0.15, -0.1) is 0 Å². The summed E-state index contributed by atoms with van der Waals surface area (Å²) in [4.78, 5) is 18.3. The van der Waals surface area contributed by atoms with Gasteiger partial charge in [-0.25, -0.2) is 4.98 Å². The molecule has 1 fully saturated rings. The molecule has 1 aromatic rings. The molecule has 1 aliphatic rings. The lowest BCUT2D eigenvalue weighted by atomic mass is 9.87. The number of hydrogen-bond acceptors (Lipinski definition) is 4. The first-order chi connectivity index (χ1) is 8.69. The second kappa shape index (κ2) is 6.38. The van der Waals surface area contributed by atoms with E-state index in [0.29, 0.717) is 11.3 Å². The van der Waals surface area contributed by atoms with Gasteiger partial charge in [0.2, 0.25) is 0 Å². The number of rotatable bonds is 4. The Bertz CT molecular complexity index is 434. The zero-order valence-corrected chi connectivity index (χ0v) is 11.8. The van der Waals surface area contributed by atoms with Gasteiger partial charge in [0.15, 0.2) is 5.16 Å². The molecule has 2 rings (SSSR count). The zero-order valence-electron chi connectivity index (χ0n) is 11.0. The highest BCUT2D eigenvalue weighted by atomic mass is 32.2. The van der Waals surface area contributed by atoms with Crippen LogP contribution in [0.25, 0.3) is 0 Å². The van der Waals surface area contributed by atoms with Crippen LogP contribution in [-0.2, 0) is 0 Å². The van der Waals surface area contributed by atoms with Crippen molar-refractivity contribution in [3.63, 3.8) is 0 Å². The minimum Gasteiger partial charge on any atom is -0.313 e. The van der Waals surface area contributed by atoms with Crippen molar-refractivity contribution in [1.29, 1.82) is 0 Å². The molecule has 0 amide bonds. The first kappa shape index (κ1) is 13.6. The van der Waals surface area contributed by atoms with E-state index in [2.05, 4.69) is 29.1 Å². The van der Waals surface area contributed by atoms with Gasteiger partial charge >= 0.3 is 0 Å². The smallest absolute Gasteiger partial charge is 0.251 e. The van der Waals surface area contributed by atoms with Crippen molar-refractivity contribution in [3.8, 4) is 0 Å². The van der Waals surface area contributed by atoms with E-state index in [0.717, 1.165) is 17.6 Å². The minimum atomic E-state index is -0.0728. The molecule has 0 aliphatic heterocycles. The molecule has 18 heavy (non-hydrogen) atoms. The summed E-state index contributed by atoms with van der Waals surface area (Å²) in [5.41, 5.74) is -0.0728. The molecule has 5 heteroatoms. The van der Waals surface area contributed by atoms with Gasteiger partial charge < -0.3 is 10.3 Å². The van der Waals surface area contributed by atoms with Gasteiger partial charge in [-0.1, -0.05) is 25.6 Å². The first-order valence-corrected chi connectivity index (χ1v) is 7.52. The Morgan fingerprint density at radius 3 is 3.11 bits per heavy atom. The highest BCUT2D eigenvalue weighted by Gasteiger charge is 2.29. The van der Waals surface area contributed by atoms with Crippen LogP contribution in [0.1, 0.15) is 33.1 Å². The molecule has 1 aromatic heterocycles. The Morgan fingerprint density at radius 2 is 2.39 bits per heavy atom. The van der Waals surface area contributed by atoms with Crippen LogP contribution in [0, 0.1) is 5.92 Å². The van der Waals surface area contributed by atoms with E-state index in [1.54, 1.807) is 18.0 Å². The number of nitrogens with zero attached hydrogens (tertiary/aromatic N) is 1. The monoisotopic (exact) mass is 267 g/mol. The van der Waals surface area contributed by atoms with Crippen LogP contribution in [0.4, 0.5) is 0 Å². The molecule has 1 aliphatic carbocycles. The molecule has 1 heterocycles. The molecule has 3 unspecified atom stereocenters. The van der Waals surface area contributed by atoms with E-state index in [1.165, 1.54) is 25.3 Å². The van der Waals surface area contributed by atoms with Crippen LogP contribution < -0.4 is 10.9 Å². The molecule has 1 saturated carbocycles. The van der Waals surface area contributed by atoms with Crippen LogP contribution >= 0.6 is 11.8 Å². The summed E-state index contributed by atoms with van der Waals surface area (Å²) in [6.45, 7) is 5.44. The average molecular weight is 267 g/mol. The largest absolute Gasteiger partial charge is 0.313 e. The summed E-state index contributed by atoms with van der Waals surface area (Å²) in [7, 11) is 0. The fourth-order valence-electron chi connectivity index (χ4n) is 2.51. The summed E-state index contributed by atoms with van der Waals surface area (Å²) in [6, 6.07) is 1.98. The van der Waals surface area contributed by atoms with Crippen molar-refractivity contribution >= 4 is 11.8 Å². The molecule has 0 spiro atoms. The zero-order chi connectivity index (χ0) is 13.0. The van der Waals surface area contributed by atoms with E-state index in [-0.39, 0.29) is 5.56 Å². The van der Waals surface area contributed by atoms with Crippen molar-refractivity contribution in [2.24, 2.45) is 5.92 Å². The maximum atomic E-state index is 11.3. The van der Waals surface area contributed by atoms with Crippen molar-refractivity contribution in [3.05, 3.63) is 22.6 Å². The van der Waals surface area contributed by atoms with Crippen LogP contribution in [-0.4, -0.2) is 27.8 Å². The second-order valence-corrected chi connectivity index (χ2v) is 6.21. The van der Waals surface area contributed by atoms with Crippen LogP contribution in [0.2, 0.25) is 0 Å². The van der Waals surface area contributed by atoms with E-state index in [9.17, 15) is 4.79 Å². The SMILES string of the molecule is CCNC1CCC(C)CC1Sc1nccc(=O)[nH]1. The molecule has 100 valence electrons. The molecule has 0 bridgehead atoms. The summed E-state index contributed by atoms with van der Waals surface area (Å²) in [6.07, 6.45) is 5.26. The standard InChI is InChI=1S/C13H21N3OS/c1-3-14-10-5-4-9(2)8-11(10)18-13-15-7-6-12(17)16-13/h6-7,9-11,14H,3-5,8H2,1-2H3,(H,15,16,17). The Balaban J connectivity index is 2.06. The average Bonchev–Trinajstić information content (AvgIpc) is 2.33. The highest BCUT2D eigenvalue weighted by molar-refractivity contribution is 7.99. The summed E-state index contributed by atoms with van der Waals surface area (Å²) in [5, 5.41) is 4.79. The number of H-pyrrole nitrogens is 1. The number of aromatic amines is 1. The molecule has 3 atom stereocenters. The molecular weight excluding hydrogens is 246 g/mol. The molecule has 0 aromatic carbocycles. The van der Waals surface area contributed by atoms with Gasteiger partial charge in [0.1, 0.15) is 0 Å². The predicted molar refractivity (Wildman–Crippen MR) is 75.0 cm³/mol. The van der Waals surface area contributed by atoms with Gasteiger partial charge in [-0.05, 0) is 31.7 Å². The third-order valence-corrected chi connectivity index (χ3v) is 4.69. The summed E-state index contributed by atoms with van der Waals surface area (Å²) in [5.74, 6) is 0.757. The van der Waals surface area contributed by atoms with E-state index in [1.807, 2.05) is 0 Å². The van der Waals surface area contributed by atoms with Gasteiger partial charge in [0.05, 0.1) is 0 Å². The molecule has 2 N–H and O–H groups in total. The second-order valence-electron chi connectivity index (χ2n) is 4.98. The van der Waals surface area contributed by atoms with Crippen LogP contribution in [0.3, 0.4) is 0 Å². The van der Waals surface area contributed by atoms with E-state index < -0.39 is 0 Å².